The van der Waals surface area contributed by atoms with Crippen LogP contribution in [0.25, 0.3) is 0 Å². The predicted octanol–water partition coefficient (Wildman–Crippen LogP) is 2.13. The Hall–Kier alpha value is -1.79. The number of para-hydroxylation sites is 2. The summed E-state index contributed by atoms with van der Waals surface area (Å²) >= 11 is 0. The van der Waals surface area contributed by atoms with Gasteiger partial charge in [-0.05, 0) is 18.6 Å². The van der Waals surface area contributed by atoms with Gasteiger partial charge in [0, 0.05) is 0 Å². The molecule has 1 atom stereocenters. The lowest BCUT2D eigenvalue weighted by Gasteiger charge is -2.35. The van der Waals surface area contributed by atoms with E-state index in [1.807, 2.05) is 24.3 Å². The Bertz CT molecular complexity index is 590. The van der Waals surface area contributed by atoms with Crippen LogP contribution in [-0.2, 0) is 13.1 Å². The van der Waals surface area contributed by atoms with Gasteiger partial charge in [-0.1, -0.05) is 24.2 Å². The first-order chi connectivity index (χ1) is 9.80. The van der Waals surface area contributed by atoms with E-state index in [4.69, 9.17) is 15.0 Å². The van der Waals surface area contributed by atoms with Crippen LogP contribution in [0.3, 0.4) is 0 Å². The van der Waals surface area contributed by atoms with Gasteiger partial charge in [-0.3, -0.25) is 0 Å². The number of fused-ring (bicyclic) bond motifs is 1. The molecule has 114 valence electrons. The van der Waals surface area contributed by atoms with Crippen molar-refractivity contribution in [2.75, 3.05) is 11.4 Å². The summed E-state index contributed by atoms with van der Waals surface area (Å²) in [5, 5.41) is 3.96. The standard InChI is InChI=1S/C14H18N4O2.ClH/c1-2-10-8-18(9-13-16-14(7-15)20-17-13)11-5-3-4-6-12(11)19-10;/h3-6,10H,2,7-9,15H2,1H3;1H. The Balaban J connectivity index is 0.00000161. The molecule has 0 amide bonds. The number of hydrogen-bond acceptors (Lipinski definition) is 6. The fourth-order valence-electron chi connectivity index (χ4n) is 2.35. The zero-order chi connectivity index (χ0) is 13.9. The minimum absolute atomic E-state index is 0. The van der Waals surface area contributed by atoms with Crippen LogP contribution >= 0.6 is 12.4 Å². The normalized spacial score (nSPS) is 16.9. The maximum atomic E-state index is 5.95. The molecule has 1 aliphatic rings. The molecule has 1 unspecified atom stereocenters. The van der Waals surface area contributed by atoms with Gasteiger partial charge in [0.05, 0.1) is 25.3 Å². The third-order valence-electron chi connectivity index (χ3n) is 3.40. The number of hydrogen-bond donors (Lipinski definition) is 1. The fourth-order valence-corrected chi connectivity index (χ4v) is 2.35. The Morgan fingerprint density at radius 3 is 2.90 bits per heavy atom. The summed E-state index contributed by atoms with van der Waals surface area (Å²) in [5.74, 6) is 2.03. The van der Waals surface area contributed by atoms with Gasteiger partial charge >= 0.3 is 0 Å². The van der Waals surface area contributed by atoms with E-state index in [0.29, 0.717) is 18.3 Å². The monoisotopic (exact) mass is 310 g/mol. The van der Waals surface area contributed by atoms with E-state index in [0.717, 1.165) is 24.4 Å². The molecule has 2 heterocycles. The van der Waals surface area contributed by atoms with E-state index in [1.165, 1.54) is 0 Å². The number of rotatable bonds is 4. The topological polar surface area (TPSA) is 77.4 Å². The quantitative estimate of drug-likeness (QED) is 0.932. The second-order valence-electron chi connectivity index (χ2n) is 4.80. The van der Waals surface area contributed by atoms with E-state index in [1.54, 1.807) is 0 Å². The molecular formula is C14H19ClN4O2. The number of ether oxygens (including phenoxy) is 1. The average Bonchev–Trinajstić information content (AvgIpc) is 2.94. The van der Waals surface area contributed by atoms with Crippen molar-refractivity contribution >= 4 is 18.1 Å². The minimum atomic E-state index is 0. The van der Waals surface area contributed by atoms with Crippen LogP contribution in [0.1, 0.15) is 25.1 Å². The van der Waals surface area contributed by atoms with Gasteiger partial charge in [-0.25, -0.2) is 0 Å². The molecule has 21 heavy (non-hydrogen) atoms. The third-order valence-corrected chi connectivity index (χ3v) is 3.40. The largest absolute Gasteiger partial charge is 0.486 e. The van der Waals surface area contributed by atoms with Crippen LogP contribution in [0.2, 0.25) is 0 Å². The van der Waals surface area contributed by atoms with Gasteiger partial charge in [0.15, 0.2) is 5.82 Å². The van der Waals surface area contributed by atoms with Crippen LogP contribution in [-0.4, -0.2) is 22.8 Å². The molecule has 2 N–H and O–H groups in total. The van der Waals surface area contributed by atoms with Crippen LogP contribution < -0.4 is 15.4 Å². The predicted molar refractivity (Wildman–Crippen MR) is 81.6 cm³/mol. The molecule has 0 spiro atoms. The number of anilines is 1. The molecule has 1 aromatic heterocycles. The molecule has 1 aliphatic heterocycles. The molecule has 0 aliphatic carbocycles. The van der Waals surface area contributed by atoms with Crippen molar-refractivity contribution in [3.05, 3.63) is 36.0 Å². The van der Waals surface area contributed by atoms with E-state index in [-0.39, 0.29) is 25.1 Å². The van der Waals surface area contributed by atoms with Crippen LogP contribution in [0, 0.1) is 0 Å². The number of nitrogens with zero attached hydrogens (tertiary/aromatic N) is 3. The van der Waals surface area contributed by atoms with E-state index >= 15 is 0 Å². The maximum Gasteiger partial charge on any atom is 0.240 e. The highest BCUT2D eigenvalue weighted by Crippen LogP contribution is 2.34. The van der Waals surface area contributed by atoms with Crippen LogP contribution in [0.4, 0.5) is 5.69 Å². The molecule has 7 heteroatoms. The summed E-state index contributed by atoms with van der Waals surface area (Å²) in [6.45, 7) is 3.81. The molecular weight excluding hydrogens is 292 g/mol. The second kappa shape index (κ2) is 6.78. The van der Waals surface area contributed by atoms with Gasteiger partial charge in [-0.15, -0.1) is 12.4 Å². The van der Waals surface area contributed by atoms with Crippen molar-refractivity contribution in [2.24, 2.45) is 5.73 Å². The van der Waals surface area contributed by atoms with Gasteiger partial charge in [0.1, 0.15) is 11.9 Å². The van der Waals surface area contributed by atoms with Crippen LogP contribution in [0.15, 0.2) is 28.8 Å². The first kappa shape index (κ1) is 15.6. The molecule has 0 radical (unpaired) electrons. The Labute approximate surface area is 129 Å². The van der Waals surface area contributed by atoms with E-state index in [2.05, 4.69) is 22.0 Å². The zero-order valence-electron chi connectivity index (χ0n) is 11.9. The third kappa shape index (κ3) is 3.28. The summed E-state index contributed by atoms with van der Waals surface area (Å²) < 4.78 is 11.0. The lowest BCUT2D eigenvalue weighted by molar-refractivity contribution is 0.188. The minimum Gasteiger partial charge on any atom is -0.486 e. The number of aromatic nitrogens is 2. The molecule has 0 saturated carbocycles. The smallest absolute Gasteiger partial charge is 0.240 e. The van der Waals surface area contributed by atoms with Crippen molar-refractivity contribution in [1.29, 1.82) is 0 Å². The average molecular weight is 311 g/mol. The second-order valence-corrected chi connectivity index (χ2v) is 4.80. The van der Waals surface area contributed by atoms with Crippen LogP contribution in [0.5, 0.6) is 5.75 Å². The molecule has 0 saturated heterocycles. The summed E-state index contributed by atoms with van der Waals surface area (Å²) in [4.78, 5) is 6.48. The fraction of sp³-hybridized carbons (Fsp3) is 0.429. The lowest BCUT2D eigenvalue weighted by atomic mass is 10.1. The van der Waals surface area contributed by atoms with Crippen molar-refractivity contribution in [2.45, 2.75) is 32.5 Å². The SMILES string of the molecule is CCC1CN(Cc2noc(CN)n2)c2ccccc2O1.Cl. The molecule has 0 bridgehead atoms. The van der Waals surface area contributed by atoms with Gasteiger partial charge in [0.2, 0.25) is 5.89 Å². The van der Waals surface area contributed by atoms with Gasteiger partial charge < -0.3 is 19.9 Å². The van der Waals surface area contributed by atoms with Crippen molar-refractivity contribution in [3.8, 4) is 5.75 Å². The van der Waals surface area contributed by atoms with Gasteiger partial charge in [-0.2, -0.15) is 4.98 Å². The molecule has 6 nitrogen and oxygen atoms in total. The molecule has 2 aromatic rings. The Morgan fingerprint density at radius 1 is 1.38 bits per heavy atom. The highest BCUT2D eigenvalue weighted by molar-refractivity contribution is 5.85. The van der Waals surface area contributed by atoms with Crippen molar-refractivity contribution in [1.82, 2.24) is 10.1 Å². The molecule has 1 aromatic carbocycles. The Kier molecular flexibility index (Phi) is 5.03. The summed E-state index contributed by atoms with van der Waals surface area (Å²) in [7, 11) is 0. The van der Waals surface area contributed by atoms with E-state index in [9.17, 15) is 0 Å². The highest BCUT2D eigenvalue weighted by Gasteiger charge is 2.25. The summed E-state index contributed by atoms with van der Waals surface area (Å²) in [6.07, 6.45) is 1.15. The zero-order valence-corrected chi connectivity index (χ0v) is 12.7. The van der Waals surface area contributed by atoms with Crippen molar-refractivity contribution in [3.63, 3.8) is 0 Å². The number of halogens is 1. The first-order valence-electron chi connectivity index (χ1n) is 6.82. The number of benzene rings is 1. The lowest BCUT2D eigenvalue weighted by Crippen LogP contribution is -2.39. The maximum absolute atomic E-state index is 5.95. The Morgan fingerprint density at radius 2 is 2.19 bits per heavy atom. The highest BCUT2D eigenvalue weighted by atomic mass is 35.5. The summed E-state index contributed by atoms with van der Waals surface area (Å²) in [5.41, 5.74) is 6.55. The molecule has 0 fully saturated rings. The summed E-state index contributed by atoms with van der Waals surface area (Å²) in [6, 6.07) is 8.02. The van der Waals surface area contributed by atoms with E-state index < -0.39 is 0 Å². The number of nitrogens with two attached hydrogens (primary N) is 1. The van der Waals surface area contributed by atoms with Crippen molar-refractivity contribution < 1.29 is 9.26 Å². The first-order valence-corrected chi connectivity index (χ1v) is 6.82. The van der Waals surface area contributed by atoms with Gasteiger partial charge in [0.25, 0.3) is 0 Å². The molecule has 3 rings (SSSR count).